The van der Waals surface area contributed by atoms with Gasteiger partial charge < -0.3 is 11.1 Å². The molecule has 2 aromatic rings. The number of rotatable bonds is 3. The summed E-state index contributed by atoms with van der Waals surface area (Å²) in [5.41, 5.74) is 9.17. The summed E-state index contributed by atoms with van der Waals surface area (Å²) in [6.07, 6.45) is 0. The molecule has 5 nitrogen and oxygen atoms in total. The van der Waals surface area contributed by atoms with Crippen LogP contribution in [0.15, 0.2) is 30.3 Å². The molecule has 1 heterocycles. The van der Waals surface area contributed by atoms with Crippen LogP contribution in [0, 0.1) is 13.8 Å². The lowest BCUT2D eigenvalue weighted by Crippen LogP contribution is -2.28. The van der Waals surface area contributed by atoms with Gasteiger partial charge in [-0.15, -0.1) is 0 Å². The Bertz CT molecular complexity index is 589. The largest absolute Gasteiger partial charge is 0.321 e. The number of carbonyl (C=O) groups is 1. The fraction of sp³-hybridized carbons (Fsp3) is 0.286. The normalized spacial score (nSPS) is 12.2. The van der Waals surface area contributed by atoms with Gasteiger partial charge in [-0.3, -0.25) is 9.48 Å². The van der Waals surface area contributed by atoms with Crippen LogP contribution in [-0.4, -0.2) is 15.7 Å². The van der Waals surface area contributed by atoms with E-state index in [9.17, 15) is 4.79 Å². The van der Waals surface area contributed by atoms with Crippen LogP contribution in [-0.2, 0) is 11.8 Å². The molecule has 5 heteroatoms. The molecule has 0 bridgehead atoms. The molecule has 1 aromatic heterocycles. The second-order valence-electron chi connectivity index (χ2n) is 4.55. The Morgan fingerprint density at radius 1 is 1.32 bits per heavy atom. The summed E-state index contributed by atoms with van der Waals surface area (Å²) < 4.78 is 1.74. The predicted octanol–water partition coefficient (Wildman–Crippen LogP) is 1.68. The zero-order chi connectivity index (χ0) is 14.0. The molecule has 2 rings (SSSR count). The smallest absolute Gasteiger partial charge is 0.245 e. The number of benzene rings is 1. The van der Waals surface area contributed by atoms with Crippen LogP contribution in [0.25, 0.3) is 0 Å². The Balaban J connectivity index is 2.18. The summed E-state index contributed by atoms with van der Waals surface area (Å²) in [5.74, 6) is -0.231. The zero-order valence-corrected chi connectivity index (χ0v) is 11.3. The molecule has 0 saturated carbocycles. The quantitative estimate of drug-likeness (QED) is 0.879. The number of nitrogens with two attached hydrogens (primary N) is 1. The highest BCUT2D eigenvalue weighted by Crippen LogP contribution is 2.20. The Kier molecular flexibility index (Phi) is 3.66. The molecule has 0 radical (unpaired) electrons. The first-order valence-electron chi connectivity index (χ1n) is 6.12. The number of hydrogen-bond acceptors (Lipinski definition) is 3. The number of amides is 1. The third kappa shape index (κ3) is 2.66. The lowest BCUT2D eigenvalue weighted by molar-refractivity contribution is -0.117. The van der Waals surface area contributed by atoms with Crippen LogP contribution in [0.3, 0.4) is 0 Å². The Labute approximate surface area is 112 Å². The van der Waals surface area contributed by atoms with E-state index in [2.05, 4.69) is 10.4 Å². The summed E-state index contributed by atoms with van der Waals surface area (Å²) >= 11 is 0. The van der Waals surface area contributed by atoms with Gasteiger partial charge in [0.05, 0.1) is 17.1 Å². The Morgan fingerprint density at radius 3 is 2.47 bits per heavy atom. The number of aromatic nitrogens is 2. The van der Waals surface area contributed by atoms with Crippen molar-refractivity contribution in [2.45, 2.75) is 19.9 Å². The van der Waals surface area contributed by atoms with E-state index >= 15 is 0 Å². The van der Waals surface area contributed by atoms with Crippen molar-refractivity contribution in [1.29, 1.82) is 0 Å². The first-order chi connectivity index (χ1) is 9.00. The van der Waals surface area contributed by atoms with Gasteiger partial charge in [0.15, 0.2) is 0 Å². The van der Waals surface area contributed by atoms with Crippen molar-refractivity contribution in [1.82, 2.24) is 9.78 Å². The molecular weight excluding hydrogens is 240 g/mol. The highest BCUT2D eigenvalue weighted by atomic mass is 16.2. The van der Waals surface area contributed by atoms with Gasteiger partial charge >= 0.3 is 0 Å². The van der Waals surface area contributed by atoms with Gasteiger partial charge in [-0.25, -0.2) is 0 Å². The van der Waals surface area contributed by atoms with Gasteiger partial charge in [0.1, 0.15) is 6.04 Å². The Hall–Kier alpha value is -2.14. The maximum absolute atomic E-state index is 12.2. The van der Waals surface area contributed by atoms with Crippen LogP contribution in [0.4, 0.5) is 5.69 Å². The topological polar surface area (TPSA) is 72.9 Å². The first-order valence-corrected chi connectivity index (χ1v) is 6.12. The standard InChI is InChI=1S/C14H18N4O/c1-9-13(10(2)18(3)17-9)16-14(19)12(15)11-7-5-4-6-8-11/h4-8,12H,15H2,1-3H3,(H,16,19). The third-order valence-electron chi connectivity index (χ3n) is 3.20. The van der Waals surface area contributed by atoms with Gasteiger partial charge in [0.2, 0.25) is 5.91 Å². The number of carbonyl (C=O) groups excluding carboxylic acids is 1. The van der Waals surface area contributed by atoms with Crippen molar-refractivity contribution in [2.24, 2.45) is 12.8 Å². The lowest BCUT2D eigenvalue weighted by atomic mass is 10.1. The van der Waals surface area contributed by atoms with E-state index in [0.29, 0.717) is 0 Å². The molecule has 0 spiro atoms. The number of anilines is 1. The van der Waals surface area contributed by atoms with Gasteiger partial charge in [0, 0.05) is 7.05 Å². The van der Waals surface area contributed by atoms with Crippen LogP contribution in [0.1, 0.15) is 23.0 Å². The molecule has 19 heavy (non-hydrogen) atoms. The van der Waals surface area contributed by atoms with Crippen molar-refractivity contribution in [2.75, 3.05) is 5.32 Å². The number of hydrogen-bond donors (Lipinski definition) is 2. The molecule has 0 fully saturated rings. The van der Waals surface area contributed by atoms with Crippen molar-refractivity contribution in [3.05, 3.63) is 47.3 Å². The molecule has 0 saturated heterocycles. The average molecular weight is 258 g/mol. The van der Waals surface area contributed by atoms with E-state index in [1.54, 1.807) is 4.68 Å². The number of nitrogens with one attached hydrogen (secondary N) is 1. The summed E-state index contributed by atoms with van der Waals surface area (Å²) in [4.78, 5) is 12.2. The fourth-order valence-electron chi connectivity index (χ4n) is 1.97. The summed E-state index contributed by atoms with van der Waals surface area (Å²) in [6, 6.07) is 8.62. The van der Waals surface area contributed by atoms with E-state index < -0.39 is 6.04 Å². The molecule has 100 valence electrons. The molecule has 1 atom stereocenters. The number of aryl methyl sites for hydroxylation is 2. The molecule has 1 amide bonds. The van der Waals surface area contributed by atoms with Crippen molar-refractivity contribution >= 4 is 11.6 Å². The van der Waals surface area contributed by atoms with E-state index in [4.69, 9.17) is 5.73 Å². The summed E-state index contributed by atoms with van der Waals surface area (Å²) in [7, 11) is 1.84. The van der Waals surface area contributed by atoms with Gasteiger partial charge in [-0.2, -0.15) is 5.10 Å². The average Bonchev–Trinajstić information content (AvgIpc) is 2.65. The molecular formula is C14H18N4O. The number of nitrogens with zero attached hydrogens (tertiary/aromatic N) is 2. The highest BCUT2D eigenvalue weighted by molar-refractivity contribution is 5.96. The van der Waals surface area contributed by atoms with Crippen molar-refractivity contribution < 1.29 is 4.79 Å². The minimum absolute atomic E-state index is 0.231. The molecule has 1 unspecified atom stereocenters. The monoisotopic (exact) mass is 258 g/mol. The molecule has 0 aliphatic carbocycles. The van der Waals surface area contributed by atoms with Gasteiger partial charge in [-0.1, -0.05) is 30.3 Å². The molecule has 0 aliphatic rings. The van der Waals surface area contributed by atoms with Crippen molar-refractivity contribution in [3.8, 4) is 0 Å². The predicted molar refractivity (Wildman–Crippen MR) is 74.7 cm³/mol. The SMILES string of the molecule is Cc1nn(C)c(C)c1NC(=O)C(N)c1ccccc1. The van der Waals surface area contributed by atoms with E-state index in [0.717, 1.165) is 22.6 Å². The van der Waals surface area contributed by atoms with E-state index in [-0.39, 0.29) is 5.91 Å². The van der Waals surface area contributed by atoms with Crippen LogP contribution in [0.5, 0.6) is 0 Å². The van der Waals surface area contributed by atoms with Crippen LogP contribution < -0.4 is 11.1 Å². The zero-order valence-electron chi connectivity index (χ0n) is 11.3. The minimum Gasteiger partial charge on any atom is -0.321 e. The van der Waals surface area contributed by atoms with Gasteiger partial charge in [0.25, 0.3) is 0 Å². The van der Waals surface area contributed by atoms with E-state index in [1.165, 1.54) is 0 Å². The summed E-state index contributed by atoms with van der Waals surface area (Å²) in [5, 5.41) is 7.11. The van der Waals surface area contributed by atoms with Crippen LogP contribution >= 0.6 is 0 Å². The highest BCUT2D eigenvalue weighted by Gasteiger charge is 2.18. The van der Waals surface area contributed by atoms with E-state index in [1.807, 2.05) is 51.2 Å². The summed E-state index contributed by atoms with van der Waals surface area (Å²) in [6.45, 7) is 3.76. The van der Waals surface area contributed by atoms with Crippen LogP contribution in [0.2, 0.25) is 0 Å². The Morgan fingerprint density at radius 2 is 1.95 bits per heavy atom. The van der Waals surface area contributed by atoms with Gasteiger partial charge in [-0.05, 0) is 19.4 Å². The molecule has 1 aromatic carbocycles. The van der Waals surface area contributed by atoms with Crippen molar-refractivity contribution in [3.63, 3.8) is 0 Å². The second-order valence-corrected chi connectivity index (χ2v) is 4.55. The fourth-order valence-corrected chi connectivity index (χ4v) is 1.97. The third-order valence-corrected chi connectivity index (χ3v) is 3.20. The maximum atomic E-state index is 12.2. The maximum Gasteiger partial charge on any atom is 0.245 e. The lowest BCUT2D eigenvalue weighted by Gasteiger charge is -2.12. The first kappa shape index (κ1) is 13.3. The second kappa shape index (κ2) is 5.24. The molecule has 3 N–H and O–H groups in total. The molecule has 0 aliphatic heterocycles. The minimum atomic E-state index is -0.680.